The van der Waals surface area contributed by atoms with Crippen LogP contribution < -0.4 is 16.1 Å². The number of aromatic amines is 1. The molecule has 30 heavy (non-hydrogen) atoms. The molecule has 8 heteroatoms. The van der Waals surface area contributed by atoms with E-state index in [1.165, 1.54) is 10.1 Å². The number of aromatic nitrogens is 4. The van der Waals surface area contributed by atoms with Crippen molar-refractivity contribution in [2.75, 3.05) is 37.6 Å². The molecule has 1 N–H and O–H groups in total. The van der Waals surface area contributed by atoms with Crippen LogP contribution in [0, 0.1) is 13.8 Å². The van der Waals surface area contributed by atoms with E-state index >= 15 is 0 Å². The number of hydrogen-bond acceptors (Lipinski definition) is 5. The summed E-state index contributed by atoms with van der Waals surface area (Å²) in [4.78, 5) is 36.7. The third-order valence-corrected chi connectivity index (χ3v) is 5.86. The summed E-state index contributed by atoms with van der Waals surface area (Å²) in [6.07, 6.45) is 1.92. The highest BCUT2D eigenvalue weighted by molar-refractivity contribution is 5.74. The van der Waals surface area contributed by atoms with Gasteiger partial charge in [-0.25, -0.2) is 4.79 Å². The van der Waals surface area contributed by atoms with E-state index in [1.807, 2.05) is 10.6 Å². The first-order valence-electron chi connectivity index (χ1n) is 10.2. The molecular formula is C22H28N6O2. The lowest BCUT2D eigenvalue weighted by Gasteiger charge is -2.35. The largest absolute Gasteiger partial charge is 0.340 e. The van der Waals surface area contributed by atoms with Gasteiger partial charge in [0.05, 0.1) is 6.54 Å². The Balaban J connectivity index is 1.84. The molecule has 1 aliphatic heterocycles. The smallest absolute Gasteiger partial charge is 0.329 e. The fourth-order valence-electron chi connectivity index (χ4n) is 4.07. The lowest BCUT2D eigenvalue weighted by Crippen LogP contribution is -2.47. The van der Waals surface area contributed by atoms with Crippen LogP contribution in [0.25, 0.3) is 11.2 Å². The lowest BCUT2D eigenvalue weighted by atomic mass is 10.1. The maximum Gasteiger partial charge on any atom is 0.329 e. The van der Waals surface area contributed by atoms with Gasteiger partial charge in [0.25, 0.3) is 5.56 Å². The standard InChI is InChI=1S/C22H28N6O2/c1-5-8-26-9-11-27(12-10-26)21-23-19-18(20(29)24-22(30)25(19)4)28(21)14-17-13-15(2)6-7-16(17)3/h5-7,13H,1,8-12,14H2,2-4H3,(H,24,29,30). The van der Waals surface area contributed by atoms with Gasteiger partial charge < -0.3 is 4.90 Å². The molecule has 158 valence electrons. The molecule has 4 rings (SSSR count). The molecule has 0 unspecified atom stereocenters. The fourth-order valence-corrected chi connectivity index (χ4v) is 4.07. The average Bonchev–Trinajstić information content (AvgIpc) is 3.10. The number of fused-ring (bicyclic) bond motifs is 1. The summed E-state index contributed by atoms with van der Waals surface area (Å²) < 4.78 is 3.37. The number of benzene rings is 1. The molecule has 1 aromatic carbocycles. The second-order valence-electron chi connectivity index (χ2n) is 7.99. The molecule has 0 atom stereocenters. The number of nitrogens with one attached hydrogen (secondary N) is 1. The number of H-pyrrole nitrogens is 1. The molecule has 0 spiro atoms. The minimum atomic E-state index is -0.453. The van der Waals surface area contributed by atoms with Gasteiger partial charge in [0, 0.05) is 39.8 Å². The molecule has 3 heterocycles. The van der Waals surface area contributed by atoms with Crippen LogP contribution in [0.5, 0.6) is 0 Å². The van der Waals surface area contributed by atoms with Gasteiger partial charge in [-0.15, -0.1) is 6.58 Å². The number of aryl methyl sites for hydroxylation is 3. The molecule has 0 amide bonds. The van der Waals surface area contributed by atoms with Crippen LogP contribution in [0.15, 0.2) is 40.4 Å². The predicted octanol–water partition coefficient (Wildman–Crippen LogP) is 1.40. The van der Waals surface area contributed by atoms with Crippen molar-refractivity contribution in [2.24, 2.45) is 7.05 Å². The van der Waals surface area contributed by atoms with Gasteiger partial charge in [0.15, 0.2) is 11.2 Å². The van der Waals surface area contributed by atoms with Crippen LogP contribution in [0.3, 0.4) is 0 Å². The lowest BCUT2D eigenvalue weighted by molar-refractivity contribution is 0.282. The van der Waals surface area contributed by atoms with E-state index in [-0.39, 0.29) is 0 Å². The monoisotopic (exact) mass is 408 g/mol. The van der Waals surface area contributed by atoms with Gasteiger partial charge >= 0.3 is 5.69 Å². The van der Waals surface area contributed by atoms with Crippen molar-refractivity contribution in [1.29, 1.82) is 0 Å². The highest BCUT2D eigenvalue weighted by Crippen LogP contribution is 2.24. The van der Waals surface area contributed by atoms with Crippen molar-refractivity contribution >= 4 is 17.1 Å². The number of piperazine rings is 1. The zero-order valence-corrected chi connectivity index (χ0v) is 17.8. The summed E-state index contributed by atoms with van der Waals surface area (Å²) in [6, 6.07) is 6.32. The summed E-state index contributed by atoms with van der Waals surface area (Å²) in [5, 5.41) is 0. The van der Waals surface area contributed by atoms with E-state index in [9.17, 15) is 9.59 Å². The molecule has 1 fully saturated rings. The van der Waals surface area contributed by atoms with Crippen molar-refractivity contribution in [2.45, 2.75) is 20.4 Å². The van der Waals surface area contributed by atoms with Crippen LogP contribution in [-0.4, -0.2) is 56.7 Å². The van der Waals surface area contributed by atoms with E-state index in [1.54, 1.807) is 7.05 Å². The Kier molecular flexibility index (Phi) is 5.34. The molecule has 0 radical (unpaired) electrons. The highest BCUT2D eigenvalue weighted by atomic mass is 16.2. The van der Waals surface area contributed by atoms with Crippen LogP contribution in [0.2, 0.25) is 0 Å². The highest BCUT2D eigenvalue weighted by Gasteiger charge is 2.25. The third kappa shape index (κ3) is 3.59. The first kappa shape index (κ1) is 20.2. The number of rotatable bonds is 5. The van der Waals surface area contributed by atoms with Crippen LogP contribution >= 0.6 is 0 Å². The van der Waals surface area contributed by atoms with E-state index in [2.05, 4.69) is 53.4 Å². The van der Waals surface area contributed by atoms with Gasteiger partial charge in [-0.05, 0) is 25.0 Å². The molecule has 0 aliphatic carbocycles. The minimum absolute atomic E-state index is 0.401. The van der Waals surface area contributed by atoms with Gasteiger partial charge in [-0.3, -0.25) is 23.8 Å². The average molecular weight is 409 g/mol. The fraction of sp³-hybridized carbons (Fsp3) is 0.409. The van der Waals surface area contributed by atoms with E-state index < -0.39 is 11.2 Å². The van der Waals surface area contributed by atoms with Crippen LogP contribution in [0.1, 0.15) is 16.7 Å². The predicted molar refractivity (Wildman–Crippen MR) is 119 cm³/mol. The molecule has 3 aromatic rings. The molecule has 1 aliphatic rings. The van der Waals surface area contributed by atoms with Crippen molar-refractivity contribution < 1.29 is 0 Å². The van der Waals surface area contributed by atoms with Crippen molar-refractivity contribution in [3.8, 4) is 0 Å². The zero-order chi connectivity index (χ0) is 21.4. The molecule has 2 aromatic heterocycles. The molecular weight excluding hydrogens is 380 g/mol. The summed E-state index contributed by atoms with van der Waals surface area (Å²) in [7, 11) is 1.64. The van der Waals surface area contributed by atoms with Gasteiger partial charge in [-0.2, -0.15) is 4.98 Å². The van der Waals surface area contributed by atoms with E-state index in [4.69, 9.17) is 4.98 Å². The van der Waals surface area contributed by atoms with Gasteiger partial charge in [-0.1, -0.05) is 29.8 Å². The maximum atomic E-state index is 12.8. The molecule has 0 bridgehead atoms. The van der Waals surface area contributed by atoms with E-state index in [0.29, 0.717) is 17.7 Å². The number of anilines is 1. The third-order valence-electron chi connectivity index (χ3n) is 5.86. The van der Waals surface area contributed by atoms with Gasteiger partial charge in [0.1, 0.15) is 0 Å². The van der Waals surface area contributed by atoms with Crippen molar-refractivity contribution in [1.82, 2.24) is 24.0 Å². The zero-order valence-electron chi connectivity index (χ0n) is 17.8. The number of nitrogens with zero attached hydrogens (tertiary/aromatic N) is 5. The summed E-state index contributed by atoms with van der Waals surface area (Å²) in [5.74, 6) is 0.732. The summed E-state index contributed by atoms with van der Waals surface area (Å²) >= 11 is 0. The van der Waals surface area contributed by atoms with Crippen molar-refractivity contribution in [3.63, 3.8) is 0 Å². The molecule has 1 saturated heterocycles. The summed E-state index contributed by atoms with van der Waals surface area (Å²) in [5.41, 5.74) is 3.45. The second kappa shape index (κ2) is 7.95. The maximum absolute atomic E-state index is 12.8. The Bertz CT molecular complexity index is 1210. The second-order valence-corrected chi connectivity index (χ2v) is 7.99. The van der Waals surface area contributed by atoms with Crippen LogP contribution in [0.4, 0.5) is 5.95 Å². The Hall–Kier alpha value is -3.13. The first-order valence-corrected chi connectivity index (χ1v) is 10.2. The Morgan fingerprint density at radius 1 is 1.17 bits per heavy atom. The first-order chi connectivity index (χ1) is 14.4. The SMILES string of the molecule is C=CCN1CCN(c2nc3c(c(=O)[nH]c(=O)n3C)n2Cc2cc(C)ccc2C)CC1. The Morgan fingerprint density at radius 2 is 1.90 bits per heavy atom. The molecule has 8 nitrogen and oxygen atoms in total. The number of hydrogen-bond donors (Lipinski definition) is 1. The topological polar surface area (TPSA) is 79.2 Å². The van der Waals surface area contributed by atoms with Gasteiger partial charge in [0.2, 0.25) is 5.95 Å². The Labute approximate surface area is 175 Å². The quantitative estimate of drug-likeness (QED) is 0.646. The Morgan fingerprint density at radius 3 is 2.60 bits per heavy atom. The normalized spacial score (nSPS) is 15.1. The number of imidazole rings is 1. The molecule has 0 saturated carbocycles. The summed E-state index contributed by atoms with van der Waals surface area (Å²) in [6.45, 7) is 12.7. The van der Waals surface area contributed by atoms with Crippen molar-refractivity contribution in [3.05, 3.63) is 68.4 Å². The van der Waals surface area contributed by atoms with Crippen LogP contribution in [-0.2, 0) is 13.6 Å². The van der Waals surface area contributed by atoms with E-state index in [0.717, 1.165) is 49.8 Å². The minimum Gasteiger partial charge on any atom is -0.340 e.